The molecule has 1 rings (SSSR count). The maximum Gasteiger partial charge on any atom is 0.0959 e. The van der Waals surface area contributed by atoms with E-state index in [1.807, 2.05) is 25.3 Å². The van der Waals surface area contributed by atoms with Gasteiger partial charge < -0.3 is 5.11 Å². The van der Waals surface area contributed by atoms with Crippen LogP contribution >= 0.6 is 0 Å². The molecule has 0 saturated heterocycles. The van der Waals surface area contributed by atoms with Crippen molar-refractivity contribution in [1.29, 1.82) is 0 Å². The van der Waals surface area contributed by atoms with E-state index in [-0.39, 0.29) is 6.10 Å². The lowest BCUT2D eigenvalue weighted by molar-refractivity contribution is 0.158. The number of nitrogens with zero attached hydrogens (tertiary/aromatic N) is 1. The number of rotatable bonds is 6. The van der Waals surface area contributed by atoms with Crippen LogP contribution in [0.2, 0.25) is 0 Å². The highest BCUT2D eigenvalue weighted by molar-refractivity contribution is 5.13. The van der Waals surface area contributed by atoms with E-state index in [9.17, 15) is 5.11 Å². The molecule has 1 heterocycles. The fraction of sp³-hybridized carbons (Fsp3) is 0.615. The highest BCUT2D eigenvalue weighted by atomic mass is 16.3. The Labute approximate surface area is 92.4 Å². The van der Waals surface area contributed by atoms with E-state index in [0.717, 1.165) is 24.1 Å². The lowest BCUT2D eigenvalue weighted by Gasteiger charge is -2.09. The van der Waals surface area contributed by atoms with Crippen molar-refractivity contribution in [2.75, 3.05) is 0 Å². The Morgan fingerprint density at radius 1 is 1.27 bits per heavy atom. The molecule has 0 saturated carbocycles. The van der Waals surface area contributed by atoms with Crippen molar-refractivity contribution in [1.82, 2.24) is 4.98 Å². The molecule has 0 bridgehead atoms. The van der Waals surface area contributed by atoms with Gasteiger partial charge in [0.1, 0.15) is 0 Å². The molecular weight excluding hydrogens is 186 g/mol. The number of aromatic nitrogens is 1. The van der Waals surface area contributed by atoms with Crippen molar-refractivity contribution < 1.29 is 5.11 Å². The van der Waals surface area contributed by atoms with E-state index in [2.05, 4.69) is 11.9 Å². The molecule has 0 aliphatic heterocycles. The van der Waals surface area contributed by atoms with Crippen LogP contribution in [0.4, 0.5) is 0 Å². The molecule has 84 valence electrons. The topological polar surface area (TPSA) is 33.1 Å². The van der Waals surface area contributed by atoms with Gasteiger partial charge in [-0.25, -0.2) is 0 Å². The fourth-order valence-electron chi connectivity index (χ4n) is 1.59. The number of aliphatic hydroxyl groups excluding tert-OH is 1. The van der Waals surface area contributed by atoms with Crippen molar-refractivity contribution in [3.8, 4) is 0 Å². The van der Waals surface area contributed by atoms with Crippen LogP contribution in [0, 0.1) is 6.92 Å². The number of pyridine rings is 1. The second kappa shape index (κ2) is 6.57. The zero-order valence-electron chi connectivity index (χ0n) is 9.74. The molecule has 0 amide bonds. The molecule has 1 atom stereocenters. The fourth-order valence-corrected chi connectivity index (χ4v) is 1.59. The van der Waals surface area contributed by atoms with Gasteiger partial charge in [0, 0.05) is 6.20 Å². The van der Waals surface area contributed by atoms with Crippen LogP contribution in [0.1, 0.15) is 56.4 Å². The van der Waals surface area contributed by atoms with Crippen molar-refractivity contribution in [2.45, 2.75) is 52.1 Å². The normalized spacial score (nSPS) is 12.7. The molecule has 0 aromatic carbocycles. The van der Waals surface area contributed by atoms with Gasteiger partial charge in [-0.1, -0.05) is 38.7 Å². The Morgan fingerprint density at radius 2 is 2.07 bits per heavy atom. The Kier molecular flexibility index (Phi) is 5.33. The average molecular weight is 207 g/mol. The van der Waals surface area contributed by atoms with E-state index in [1.54, 1.807) is 0 Å². The number of hydrogen-bond donors (Lipinski definition) is 1. The third kappa shape index (κ3) is 4.43. The van der Waals surface area contributed by atoms with Gasteiger partial charge in [0.15, 0.2) is 0 Å². The van der Waals surface area contributed by atoms with Crippen LogP contribution < -0.4 is 0 Å². The van der Waals surface area contributed by atoms with Gasteiger partial charge in [-0.2, -0.15) is 0 Å². The lowest BCUT2D eigenvalue weighted by Crippen LogP contribution is -2.00. The van der Waals surface area contributed by atoms with E-state index >= 15 is 0 Å². The quantitative estimate of drug-likeness (QED) is 0.725. The second-order valence-corrected chi connectivity index (χ2v) is 4.13. The summed E-state index contributed by atoms with van der Waals surface area (Å²) >= 11 is 0. The molecule has 1 aromatic heterocycles. The number of unbranched alkanes of at least 4 members (excludes halogenated alkanes) is 3. The molecule has 0 spiro atoms. The van der Waals surface area contributed by atoms with E-state index in [1.165, 1.54) is 19.3 Å². The predicted octanol–water partition coefficient (Wildman–Crippen LogP) is 3.39. The average Bonchev–Trinajstić information content (AvgIpc) is 2.25. The van der Waals surface area contributed by atoms with Gasteiger partial charge in [0.2, 0.25) is 0 Å². The Hall–Kier alpha value is -0.890. The highest BCUT2D eigenvalue weighted by Crippen LogP contribution is 2.18. The van der Waals surface area contributed by atoms with Gasteiger partial charge in [-0.05, 0) is 25.0 Å². The first kappa shape index (κ1) is 12.2. The first-order chi connectivity index (χ1) is 7.24. The minimum atomic E-state index is -0.387. The van der Waals surface area contributed by atoms with Gasteiger partial charge in [-0.3, -0.25) is 4.98 Å². The zero-order valence-corrected chi connectivity index (χ0v) is 9.74. The number of aliphatic hydroxyl groups is 1. The summed E-state index contributed by atoms with van der Waals surface area (Å²) < 4.78 is 0. The molecule has 1 unspecified atom stereocenters. The SMILES string of the molecule is CCCCCCC(O)c1ccc(C)cn1. The first-order valence-corrected chi connectivity index (χ1v) is 5.84. The third-order valence-corrected chi connectivity index (χ3v) is 2.61. The van der Waals surface area contributed by atoms with E-state index in [4.69, 9.17) is 0 Å². The molecule has 0 aliphatic rings. The summed E-state index contributed by atoms with van der Waals surface area (Å²) in [5, 5.41) is 9.85. The Balaban J connectivity index is 2.33. The summed E-state index contributed by atoms with van der Waals surface area (Å²) in [5.41, 5.74) is 1.94. The van der Waals surface area contributed by atoms with Crippen molar-refractivity contribution in [3.05, 3.63) is 29.6 Å². The zero-order chi connectivity index (χ0) is 11.1. The molecule has 0 radical (unpaired) electrons. The smallest absolute Gasteiger partial charge is 0.0959 e. The van der Waals surface area contributed by atoms with Crippen LogP contribution in [0.15, 0.2) is 18.3 Å². The highest BCUT2D eigenvalue weighted by Gasteiger charge is 2.07. The second-order valence-electron chi connectivity index (χ2n) is 4.13. The minimum absolute atomic E-state index is 0.387. The summed E-state index contributed by atoms with van der Waals surface area (Å²) in [6.45, 7) is 4.20. The van der Waals surface area contributed by atoms with Gasteiger partial charge in [-0.15, -0.1) is 0 Å². The summed E-state index contributed by atoms with van der Waals surface area (Å²) in [4.78, 5) is 4.23. The van der Waals surface area contributed by atoms with Gasteiger partial charge >= 0.3 is 0 Å². The third-order valence-electron chi connectivity index (χ3n) is 2.61. The van der Waals surface area contributed by atoms with Crippen LogP contribution in [0.5, 0.6) is 0 Å². The number of aryl methyl sites for hydroxylation is 1. The Morgan fingerprint density at radius 3 is 2.67 bits per heavy atom. The summed E-state index contributed by atoms with van der Waals surface area (Å²) in [5.74, 6) is 0. The summed E-state index contributed by atoms with van der Waals surface area (Å²) in [6.07, 6.45) is 7.04. The standard InChI is InChI=1S/C13H21NO/c1-3-4-5-6-7-13(15)12-9-8-11(2)10-14-12/h8-10,13,15H,3-7H2,1-2H3. The van der Waals surface area contributed by atoms with Crippen LogP contribution in [-0.2, 0) is 0 Å². The molecule has 1 N–H and O–H groups in total. The van der Waals surface area contributed by atoms with Crippen molar-refractivity contribution in [2.24, 2.45) is 0 Å². The van der Waals surface area contributed by atoms with Gasteiger partial charge in [0.25, 0.3) is 0 Å². The van der Waals surface area contributed by atoms with Gasteiger partial charge in [0.05, 0.1) is 11.8 Å². The number of hydrogen-bond acceptors (Lipinski definition) is 2. The van der Waals surface area contributed by atoms with Crippen LogP contribution in [-0.4, -0.2) is 10.1 Å². The summed E-state index contributed by atoms with van der Waals surface area (Å²) in [7, 11) is 0. The molecule has 2 nitrogen and oxygen atoms in total. The lowest BCUT2D eigenvalue weighted by atomic mass is 10.1. The van der Waals surface area contributed by atoms with Crippen LogP contribution in [0.25, 0.3) is 0 Å². The molecule has 15 heavy (non-hydrogen) atoms. The van der Waals surface area contributed by atoms with Crippen molar-refractivity contribution in [3.63, 3.8) is 0 Å². The Bertz CT molecular complexity index is 268. The monoisotopic (exact) mass is 207 g/mol. The molecule has 0 fully saturated rings. The molecular formula is C13H21NO. The predicted molar refractivity (Wildman–Crippen MR) is 62.7 cm³/mol. The maximum absolute atomic E-state index is 9.85. The van der Waals surface area contributed by atoms with E-state index in [0.29, 0.717) is 0 Å². The maximum atomic E-state index is 9.85. The largest absolute Gasteiger partial charge is 0.387 e. The van der Waals surface area contributed by atoms with Crippen molar-refractivity contribution >= 4 is 0 Å². The van der Waals surface area contributed by atoms with E-state index < -0.39 is 0 Å². The molecule has 0 aliphatic carbocycles. The summed E-state index contributed by atoms with van der Waals surface area (Å²) in [6, 6.07) is 3.91. The molecule has 1 aromatic rings. The molecule has 2 heteroatoms. The minimum Gasteiger partial charge on any atom is -0.387 e. The first-order valence-electron chi connectivity index (χ1n) is 5.84. The van der Waals surface area contributed by atoms with Crippen LogP contribution in [0.3, 0.4) is 0 Å².